The molecule has 7 nitrogen and oxygen atoms in total. The zero-order valence-corrected chi connectivity index (χ0v) is 21.4. The number of nitrogens with one attached hydrogen (secondary N) is 1. The molecule has 0 spiro atoms. The van der Waals surface area contributed by atoms with Crippen molar-refractivity contribution in [2.24, 2.45) is 0 Å². The molecule has 1 atom stereocenters. The van der Waals surface area contributed by atoms with Gasteiger partial charge in [-0.2, -0.15) is 0 Å². The fraction of sp³-hybridized carbons (Fsp3) is 0.250. The van der Waals surface area contributed by atoms with E-state index in [0.717, 1.165) is 5.56 Å². The fourth-order valence-corrected chi connectivity index (χ4v) is 4.52. The number of phenols is 1. The molecule has 1 unspecified atom stereocenters. The number of phenolic OH excluding ortho intramolecular Hbond substituents is 1. The van der Waals surface area contributed by atoms with Crippen LogP contribution in [0.1, 0.15) is 25.8 Å². The quantitative estimate of drug-likeness (QED) is 0.390. The lowest BCUT2D eigenvalue weighted by Gasteiger charge is -2.24. The average Bonchev–Trinajstić information content (AvgIpc) is 3.09. The topological polar surface area (TPSA) is 82.1 Å². The fourth-order valence-electron chi connectivity index (χ4n) is 4.10. The Balaban J connectivity index is 1.51. The van der Waals surface area contributed by atoms with Gasteiger partial charge in [-0.15, -0.1) is 0 Å². The highest BCUT2D eigenvalue weighted by atomic mass is 32.1. The molecule has 2 amide bonds. The molecule has 0 aliphatic carbocycles. The van der Waals surface area contributed by atoms with Gasteiger partial charge < -0.3 is 20.1 Å². The van der Waals surface area contributed by atoms with Crippen molar-refractivity contribution in [3.05, 3.63) is 84.2 Å². The second kappa shape index (κ2) is 11.4. The normalized spacial score (nSPS) is 15.4. The van der Waals surface area contributed by atoms with Crippen molar-refractivity contribution in [1.82, 2.24) is 4.90 Å². The van der Waals surface area contributed by atoms with E-state index < -0.39 is 11.9 Å². The first kappa shape index (κ1) is 26.1. The number of hydrogen-bond acceptors (Lipinski definition) is 5. The van der Waals surface area contributed by atoms with E-state index in [1.165, 1.54) is 29.2 Å². The third-order valence-corrected chi connectivity index (χ3v) is 6.29. The number of carbonyl (C=O) groups excluding carboxylic acids is 2. The lowest BCUT2D eigenvalue weighted by Crippen LogP contribution is -2.39. The maximum absolute atomic E-state index is 13.5. The highest BCUT2D eigenvalue weighted by Gasteiger charge is 2.43. The van der Waals surface area contributed by atoms with Crippen LogP contribution >= 0.6 is 12.2 Å². The highest BCUT2D eigenvalue weighted by molar-refractivity contribution is 7.80. The van der Waals surface area contributed by atoms with E-state index in [1.54, 1.807) is 53.4 Å². The van der Waals surface area contributed by atoms with Gasteiger partial charge in [0.25, 0.3) is 5.91 Å². The van der Waals surface area contributed by atoms with Crippen molar-refractivity contribution in [3.8, 4) is 11.5 Å². The van der Waals surface area contributed by atoms with Gasteiger partial charge in [-0.25, -0.2) is 4.39 Å². The molecular weight excluding hydrogens is 493 g/mol. The number of hydrogen-bond donors (Lipinski definition) is 2. The number of aromatic hydroxyl groups is 1. The predicted molar refractivity (Wildman–Crippen MR) is 144 cm³/mol. The maximum atomic E-state index is 13.5. The Kier molecular flexibility index (Phi) is 8.03. The molecule has 0 radical (unpaired) electrons. The number of halogens is 1. The Morgan fingerprint density at radius 1 is 1.05 bits per heavy atom. The van der Waals surface area contributed by atoms with Crippen LogP contribution in [0, 0.1) is 5.82 Å². The first-order valence-corrected chi connectivity index (χ1v) is 12.4. The lowest BCUT2D eigenvalue weighted by atomic mass is 10.1. The maximum Gasteiger partial charge on any atom is 0.256 e. The van der Waals surface area contributed by atoms with Crippen LogP contribution in [0.2, 0.25) is 0 Å². The molecule has 1 fully saturated rings. The van der Waals surface area contributed by atoms with E-state index in [-0.39, 0.29) is 35.2 Å². The van der Waals surface area contributed by atoms with E-state index in [1.807, 2.05) is 13.8 Å². The Labute approximate surface area is 220 Å². The molecule has 9 heteroatoms. The summed E-state index contributed by atoms with van der Waals surface area (Å²) in [4.78, 5) is 29.5. The Morgan fingerprint density at radius 2 is 1.70 bits per heavy atom. The van der Waals surface area contributed by atoms with Crippen LogP contribution < -0.4 is 15.0 Å². The van der Waals surface area contributed by atoms with Gasteiger partial charge in [0.2, 0.25) is 5.91 Å². The van der Waals surface area contributed by atoms with Gasteiger partial charge in [-0.1, -0.05) is 12.1 Å². The predicted octanol–water partition coefficient (Wildman–Crippen LogP) is 4.89. The molecule has 0 aromatic heterocycles. The largest absolute Gasteiger partial charge is 0.508 e. The first-order valence-electron chi connectivity index (χ1n) is 12.0. The lowest BCUT2D eigenvalue weighted by molar-refractivity contribution is -0.124. The van der Waals surface area contributed by atoms with Crippen molar-refractivity contribution in [2.75, 3.05) is 16.8 Å². The smallest absolute Gasteiger partial charge is 0.256 e. The summed E-state index contributed by atoms with van der Waals surface area (Å²) < 4.78 is 19.1. The molecule has 3 aromatic carbocycles. The summed E-state index contributed by atoms with van der Waals surface area (Å²) in [6, 6.07) is 18.5. The zero-order chi connectivity index (χ0) is 26.5. The molecule has 192 valence electrons. The second-order valence-corrected chi connectivity index (χ2v) is 9.37. The van der Waals surface area contributed by atoms with E-state index in [2.05, 4.69) is 5.32 Å². The summed E-state index contributed by atoms with van der Waals surface area (Å²) in [7, 11) is 0. The minimum absolute atomic E-state index is 0.0364. The Morgan fingerprint density at radius 3 is 2.32 bits per heavy atom. The van der Waals surface area contributed by atoms with Crippen molar-refractivity contribution in [1.29, 1.82) is 0 Å². The van der Waals surface area contributed by atoms with Gasteiger partial charge in [0.05, 0.1) is 18.2 Å². The SMILES string of the molecule is CC(C)Oc1ccc(NC(=O)CC2C(=O)N(c3ccc(F)cc3)C(=S)N2CCc2ccc(O)cc2)cc1. The summed E-state index contributed by atoms with van der Waals surface area (Å²) in [5.74, 6) is -0.255. The zero-order valence-electron chi connectivity index (χ0n) is 20.6. The molecule has 4 rings (SSSR count). The summed E-state index contributed by atoms with van der Waals surface area (Å²) in [6.45, 7) is 4.25. The number of thiocarbonyl (C=S) groups is 1. The molecule has 2 N–H and O–H groups in total. The third kappa shape index (κ3) is 6.42. The number of amides is 2. The minimum atomic E-state index is -0.821. The van der Waals surface area contributed by atoms with Crippen molar-refractivity contribution in [3.63, 3.8) is 0 Å². The highest BCUT2D eigenvalue weighted by Crippen LogP contribution is 2.28. The van der Waals surface area contributed by atoms with E-state index >= 15 is 0 Å². The number of anilines is 2. The van der Waals surface area contributed by atoms with Crippen molar-refractivity contribution in [2.45, 2.75) is 38.8 Å². The van der Waals surface area contributed by atoms with E-state index in [9.17, 15) is 19.1 Å². The number of rotatable bonds is 9. The third-order valence-electron chi connectivity index (χ3n) is 5.87. The molecule has 1 aliphatic heterocycles. The average molecular weight is 522 g/mol. The van der Waals surface area contributed by atoms with Crippen molar-refractivity contribution >= 4 is 40.5 Å². The molecule has 1 saturated heterocycles. The second-order valence-electron chi connectivity index (χ2n) is 9.00. The van der Waals surface area contributed by atoms with Crippen LogP contribution in [0.4, 0.5) is 15.8 Å². The summed E-state index contributed by atoms with van der Waals surface area (Å²) >= 11 is 5.65. The van der Waals surface area contributed by atoms with Crippen LogP contribution in [0.15, 0.2) is 72.8 Å². The summed E-state index contributed by atoms with van der Waals surface area (Å²) in [5.41, 5.74) is 1.97. The van der Waals surface area contributed by atoms with Crippen LogP contribution in [-0.2, 0) is 16.0 Å². The van der Waals surface area contributed by atoms with Crippen LogP contribution in [-0.4, -0.2) is 45.6 Å². The molecule has 3 aromatic rings. The van der Waals surface area contributed by atoms with Gasteiger partial charge in [-0.3, -0.25) is 14.5 Å². The Bertz CT molecular complexity index is 1260. The molecule has 37 heavy (non-hydrogen) atoms. The monoisotopic (exact) mass is 521 g/mol. The van der Waals surface area contributed by atoms with Crippen molar-refractivity contribution < 1.29 is 23.8 Å². The molecule has 0 bridgehead atoms. The van der Waals surface area contributed by atoms with Gasteiger partial charge in [0.15, 0.2) is 5.11 Å². The van der Waals surface area contributed by atoms with Crippen LogP contribution in [0.3, 0.4) is 0 Å². The van der Waals surface area contributed by atoms with Gasteiger partial charge in [0.1, 0.15) is 23.4 Å². The summed E-state index contributed by atoms with van der Waals surface area (Å²) in [5, 5.41) is 12.6. The number of ether oxygens (including phenoxy) is 1. The summed E-state index contributed by atoms with van der Waals surface area (Å²) in [6.07, 6.45) is 0.464. The molecule has 1 heterocycles. The van der Waals surface area contributed by atoms with Gasteiger partial charge >= 0.3 is 0 Å². The van der Waals surface area contributed by atoms with Gasteiger partial charge in [-0.05, 0) is 98.7 Å². The van der Waals surface area contributed by atoms with E-state index in [4.69, 9.17) is 17.0 Å². The molecule has 0 saturated carbocycles. The standard InChI is InChI=1S/C28H28FN3O4S/c1-18(2)36-24-13-7-21(8-14-24)30-26(34)17-25-27(35)32(22-9-5-20(29)6-10-22)28(37)31(25)16-15-19-3-11-23(33)12-4-19/h3-14,18,25,33H,15-17H2,1-2H3,(H,30,34). The minimum Gasteiger partial charge on any atom is -0.508 e. The first-order chi connectivity index (χ1) is 17.7. The number of carbonyl (C=O) groups is 2. The van der Waals surface area contributed by atoms with Crippen LogP contribution in [0.5, 0.6) is 11.5 Å². The molecule has 1 aliphatic rings. The Hall–Kier alpha value is -3.98. The van der Waals surface area contributed by atoms with E-state index in [0.29, 0.717) is 30.1 Å². The molecular formula is C28H28FN3O4S. The van der Waals surface area contributed by atoms with Crippen LogP contribution in [0.25, 0.3) is 0 Å². The number of benzene rings is 3. The number of nitrogens with zero attached hydrogens (tertiary/aromatic N) is 2. The van der Waals surface area contributed by atoms with Gasteiger partial charge in [0, 0.05) is 12.2 Å².